The lowest BCUT2D eigenvalue weighted by molar-refractivity contribution is 0.438. The molecule has 0 saturated heterocycles. The second-order valence-electron chi connectivity index (χ2n) is 5.56. The first-order chi connectivity index (χ1) is 13.2. The molecule has 0 N–H and O–H groups in total. The Labute approximate surface area is 152 Å². The summed E-state index contributed by atoms with van der Waals surface area (Å²) in [4.78, 5) is 12.0. The fourth-order valence-electron chi connectivity index (χ4n) is 2.62. The van der Waals surface area contributed by atoms with Crippen molar-refractivity contribution in [1.29, 1.82) is 5.26 Å². The number of hydrogen-bond donors (Lipinski definition) is 0. The van der Waals surface area contributed by atoms with Crippen molar-refractivity contribution in [1.82, 2.24) is 29.7 Å². The summed E-state index contributed by atoms with van der Waals surface area (Å²) in [6.45, 7) is 2.70. The van der Waals surface area contributed by atoms with Crippen molar-refractivity contribution in [2.24, 2.45) is 0 Å². The number of imidazole rings is 1. The van der Waals surface area contributed by atoms with Crippen molar-refractivity contribution >= 4 is 11.2 Å². The molecular weight excluding hydrogens is 349 g/mol. The van der Waals surface area contributed by atoms with Crippen molar-refractivity contribution in [3.05, 3.63) is 54.8 Å². The standard InChI is InChI=1S/C18H12FN7O/c1-2-26-10-23-17-13(9-24-25-18(17)26)11-3-4-14(19)15(5-11)27-12-7-21-16(6-20)22-8-12/h3-5,7-10H,2H2,1H3. The molecule has 0 spiro atoms. The van der Waals surface area contributed by atoms with E-state index in [9.17, 15) is 4.39 Å². The molecule has 8 nitrogen and oxygen atoms in total. The molecule has 0 unspecified atom stereocenters. The van der Waals surface area contributed by atoms with Crippen LogP contribution in [0.5, 0.6) is 11.5 Å². The fraction of sp³-hybridized carbons (Fsp3) is 0.111. The zero-order chi connectivity index (χ0) is 18.8. The number of hydrogen-bond acceptors (Lipinski definition) is 7. The zero-order valence-corrected chi connectivity index (χ0v) is 14.2. The molecule has 0 radical (unpaired) electrons. The monoisotopic (exact) mass is 361 g/mol. The number of benzene rings is 1. The molecule has 0 fully saturated rings. The molecule has 0 saturated carbocycles. The van der Waals surface area contributed by atoms with E-state index in [-0.39, 0.29) is 17.3 Å². The van der Waals surface area contributed by atoms with E-state index < -0.39 is 5.82 Å². The van der Waals surface area contributed by atoms with Crippen LogP contribution in [-0.2, 0) is 6.54 Å². The molecule has 132 valence electrons. The van der Waals surface area contributed by atoms with Gasteiger partial charge in [-0.1, -0.05) is 6.07 Å². The number of nitriles is 1. The van der Waals surface area contributed by atoms with Gasteiger partial charge in [-0.05, 0) is 24.6 Å². The highest BCUT2D eigenvalue weighted by Gasteiger charge is 2.14. The van der Waals surface area contributed by atoms with Crippen LogP contribution in [-0.4, -0.2) is 29.7 Å². The van der Waals surface area contributed by atoms with Gasteiger partial charge < -0.3 is 9.30 Å². The highest BCUT2D eigenvalue weighted by atomic mass is 19.1. The molecule has 1 aromatic carbocycles. The van der Waals surface area contributed by atoms with Crippen molar-refractivity contribution in [3.63, 3.8) is 0 Å². The van der Waals surface area contributed by atoms with Crippen LogP contribution in [0.2, 0.25) is 0 Å². The quantitative estimate of drug-likeness (QED) is 0.550. The second kappa shape index (κ2) is 6.76. The van der Waals surface area contributed by atoms with Crippen LogP contribution in [0.15, 0.2) is 43.1 Å². The van der Waals surface area contributed by atoms with E-state index in [0.717, 1.165) is 0 Å². The Morgan fingerprint density at radius 2 is 2.00 bits per heavy atom. The van der Waals surface area contributed by atoms with E-state index in [1.165, 1.54) is 18.5 Å². The van der Waals surface area contributed by atoms with Crippen molar-refractivity contribution in [2.75, 3.05) is 0 Å². The Morgan fingerprint density at radius 1 is 1.19 bits per heavy atom. The van der Waals surface area contributed by atoms with Crippen molar-refractivity contribution in [3.8, 4) is 28.7 Å². The van der Waals surface area contributed by atoms with Gasteiger partial charge in [0.15, 0.2) is 23.0 Å². The van der Waals surface area contributed by atoms with Gasteiger partial charge >= 0.3 is 0 Å². The molecule has 0 atom stereocenters. The van der Waals surface area contributed by atoms with Crippen molar-refractivity contribution in [2.45, 2.75) is 13.5 Å². The first-order valence-electron chi connectivity index (χ1n) is 8.06. The van der Waals surface area contributed by atoms with E-state index in [4.69, 9.17) is 10.00 Å². The van der Waals surface area contributed by atoms with Crippen LogP contribution in [0.4, 0.5) is 4.39 Å². The third kappa shape index (κ3) is 3.04. The molecule has 27 heavy (non-hydrogen) atoms. The number of aryl methyl sites for hydroxylation is 1. The normalized spacial score (nSPS) is 10.7. The lowest BCUT2D eigenvalue weighted by Crippen LogP contribution is -1.96. The first kappa shape index (κ1) is 16.5. The summed E-state index contributed by atoms with van der Waals surface area (Å²) in [5.74, 6) is -0.312. The number of ether oxygens (including phenoxy) is 1. The molecule has 3 heterocycles. The first-order valence-corrected chi connectivity index (χ1v) is 8.06. The minimum atomic E-state index is -0.541. The molecule has 4 rings (SSSR count). The SMILES string of the molecule is CCn1cnc2c(-c3ccc(F)c(Oc4cnc(C#N)nc4)c3)cnnc21. The predicted molar refractivity (Wildman–Crippen MR) is 93.2 cm³/mol. The largest absolute Gasteiger partial charge is 0.451 e. The highest BCUT2D eigenvalue weighted by molar-refractivity contribution is 5.89. The molecule has 9 heteroatoms. The molecule has 0 aliphatic carbocycles. The van der Waals surface area contributed by atoms with Crippen LogP contribution in [0, 0.1) is 17.1 Å². The van der Waals surface area contributed by atoms with Gasteiger partial charge in [0.05, 0.1) is 24.9 Å². The Hall–Kier alpha value is -3.93. The van der Waals surface area contributed by atoms with E-state index in [2.05, 4.69) is 25.1 Å². The van der Waals surface area contributed by atoms with E-state index in [1.54, 1.807) is 24.7 Å². The number of aromatic nitrogens is 6. The zero-order valence-electron chi connectivity index (χ0n) is 14.2. The summed E-state index contributed by atoms with van der Waals surface area (Å²) in [6, 6.07) is 6.29. The summed E-state index contributed by atoms with van der Waals surface area (Å²) in [7, 11) is 0. The third-order valence-electron chi connectivity index (χ3n) is 3.94. The Bertz CT molecular complexity index is 1160. The number of fused-ring (bicyclic) bond motifs is 1. The van der Waals surface area contributed by atoms with Crippen LogP contribution in [0.1, 0.15) is 12.7 Å². The van der Waals surface area contributed by atoms with Gasteiger partial charge in [-0.3, -0.25) is 0 Å². The molecule has 0 amide bonds. The Balaban J connectivity index is 1.74. The minimum absolute atomic E-state index is 0.000643. The maximum atomic E-state index is 14.2. The maximum absolute atomic E-state index is 14.2. The van der Waals surface area contributed by atoms with E-state index >= 15 is 0 Å². The summed E-state index contributed by atoms with van der Waals surface area (Å²) < 4.78 is 21.6. The molecule has 0 bridgehead atoms. The van der Waals surface area contributed by atoms with Crippen LogP contribution in [0.25, 0.3) is 22.3 Å². The minimum Gasteiger partial charge on any atom is -0.451 e. The van der Waals surface area contributed by atoms with E-state index in [0.29, 0.717) is 28.8 Å². The van der Waals surface area contributed by atoms with Crippen LogP contribution >= 0.6 is 0 Å². The molecule has 3 aromatic heterocycles. The summed E-state index contributed by atoms with van der Waals surface area (Å²) >= 11 is 0. The maximum Gasteiger partial charge on any atom is 0.232 e. The Morgan fingerprint density at radius 3 is 2.74 bits per heavy atom. The predicted octanol–water partition coefficient (Wildman–Crippen LogP) is 3.11. The number of halogens is 1. The molecular formula is C18H12FN7O. The van der Waals surface area contributed by atoms with Gasteiger partial charge in [-0.25, -0.2) is 19.3 Å². The number of rotatable bonds is 4. The van der Waals surface area contributed by atoms with Crippen LogP contribution < -0.4 is 4.74 Å². The molecule has 0 aliphatic heterocycles. The second-order valence-corrected chi connectivity index (χ2v) is 5.56. The van der Waals surface area contributed by atoms with Crippen molar-refractivity contribution < 1.29 is 9.13 Å². The average molecular weight is 361 g/mol. The summed E-state index contributed by atoms with van der Waals surface area (Å²) in [6.07, 6.45) is 5.90. The van der Waals surface area contributed by atoms with Gasteiger partial charge in [0.25, 0.3) is 0 Å². The lowest BCUT2D eigenvalue weighted by atomic mass is 10.1. The molecule has 4 aromatic rings. The number of nitrogens with zero attached hydrogens (tertiary/aromatic N) is 7. The fourth-order valence-corrected chi connectivity index (χ4v) is 2.62. The lowest BCUT2D eigenvalue weighted by Gasteiger charge is -2.09. The topological polar surface area (TPSA) is 102 Å². The van der Waals surface area contributed by atoms with Crippen LogP contribution in [0.3, 0.4) is 0 Å². The van der Waals surface area contributed by atoms with Gasteiger partial charge in [-0.2, -0.15) is 10.4 Å². The summed E-state index contributed by atoms with van der Waals surface area (Å²) in [5, 5.41) is 16.9. The van der Waals surface area contributed by atoms with Gasteiger partial charge in [0.1, 0.15) is 11.6 Å². The third-order valence-corrected chi connectivity index (χ3v) is 3.94. The molecule has 0 aliphatic rings. The smallest absolute Gasteiger partial charge is 0.232 e. The van der Waals surface area contributed by atoms with Gasteiger partial charge in [0.2, 0.25) is 5.82 Å². The van der Waals surface area contributed by atoms with Gasteiger partial charge in [0, 0.05) is 12.1 Å². The highest BCUT2D eigenvalue weighted by Crippen LogP contribution is 2.32. The average Bonchev–Trinajstić information content (AvgIpc) is 3.13. The van der Waals surface area contributed by atoms with Gasteiger partial charge in [-0.15, -0.1) is 5.10 Å². The summed E-state index contributed by atoms with van der Waals surface area (Å²) in [5.41, 5.74) is 2.73. The van der Waals surface area contributed by atoms with E-state index in [1.807, 2.05) is 17.6 Å². The Kier molecular flexibility index (Phi) is 4.14.